The van der Waals surface area contributed by atoms with Gasteiger partial charge in [0.2, 0.25) is 0 Å². The van der Waals surface area contributed by atoms with Gasteiger partial charge in [0.05, 0.1) is 16.9 Å². The van der Waals surface area contributed by atoms with Crippen molar-refractivity contribution in [2.75, 3.05) is 0 Å². The van der Waals surface area contributed by atoms with E-state index in [9.17, 15) is 9.59 Å². The van der Waals surface area contributed by atoms with Gasteiger partial charge in [0.25, 0.3) is 5.56 Å². The van der Waals surface area contributed by atoms with Crippen LogP contribution in [-0.4, -0.2) is 15.3 Å². The topological polar surface area (TPSA) is 52.0 Å². The van der Waals surface area contributed by atoms with Gasteiger partial charge in [0, 0.05) is 6.42 Å². The molecule has 4 nitrogen and oxygen atoms in total. The quantitative estimate of drug-likeness (QED) is 0.756. The number of hydrogen-bond acceptors (Lipinski definition) is 3. The first-order valence-corrected chi connectivity index (χ1v) is 7.16. The first kappa shape index (κ1) is 13.7. The molecule has 1 unspecified atom stereocenters. The average Bonchev–Trinajstić information content (AvgIpc) is 2.42. The van der Waals surface area contributed by atoms with Crippen LogP contribution >= 0.6 is 0 Å². The number of aryl methyl sites for hydroxylation is 2. The van der Waals surface area contributed by atoms with E-state index in [1.54, 1.807) is 11.5 Å². The number of carbonyl (C=O) groups excluding carboxylic acids is 1. The molecule has 0 saturated heterocycles. The zero-order valence-electron chi connectivity index (χ0n) is 12.3. The lowest BCUT2D eigenvalue weighted by molar-refractivity contribution is -0.122. The molecule has 1 fully saturated rings. The molecule has 0 amide bonds. The second kappa shape index (κ2) is 4.95. The van der Waals surface area contributed by atoms with Crippen LogP contribution in [0.3, 0.4) is 0 Å². The minimum atomic E-state index is -0.402. The van der Waals surface area contributed by atoms with Gasteiger partial charge in [0.15, 0.2) is 5.78 Å². The van der Waals surface area contributed by atoms with Crippen LogP contribution in [0.25, 0.3) is 10.9 Å². The molecule has 21 heavy (non-hydrogen) atoms. The largest absolute Gasteiger partial charge is 0.297 e. The lowest BCUT2D eigenvalue weighted by Gasteiger charge is -2.25. The second-order valence-corrected chi connectivity index (χ2v) is 5.80. The summed E-state index contributed by atoms with van der Waals surface area (Å²) in [6.07, 6.45) is 1.79. The van der Waals surface area contributed by atoms with Gasteiger partial charge < -0.3 is 0 Å². The monoisotopic (exact) mass is 282 g/mol. The van der Waals surface area contributed by atoms with Crippen molar-refractivity contribution < 1.29 is 4.79 Å². The summed E-state index contributed by atoms with van der Waals surface area (Å²) in [5.41, 5.74) is 2.53. The summed E-state index contributed by atoms with van der Waals surface area (Å²) in [4.78, 5) is 29.5. The summed E-state index contributed by atoms with van der Waals surface area (Å²) in [5, 5.41) is 0.581. The van der Waals surface area contributed by atoms with Crippen molar-refractivity contribution in [2.24, 2.45) is 0 Å². The number of nitrogens with zero attached hydrogens (tertiary/aromatic N) is 2. The van der Waals surface area contributed by atoms with Crippen molar-refractivity contribution >= 4 is 16.7 Å². The lowest BCUT2D eigenvalue weighted by atomic mass is 9.90. The molecule has 1 atom stereocenters. The molecule has 4 heteroatoms. The summed E-state index contributed by atoms with van der Waals surface area (Å²) >= 11 is 0. The van der Waals surface area contributed by atoms with Gasteiger partial charge in [-0.2, -0.15) is 0 Å². The van der Waals surface area contributed by atoms with Crippen molar-refractivity contribution in [1.29, 1.82) is 0 Å². The molecular formula is C17H18N2O2. The van der Waals surface area contributed by atoms with Crippen molar-refractivity contribution in [3.05, 3.63) is 52.1 Å². The number of hydrogen-bond donors (Lipinski definition) is 0. The van der Waals surface area contributed by atoms with E-state index in [2.05, 4.69) is 11.6 Å². The average molecular weight is 282 g/mol. The molecule has 3 rings (SSSR count). The lowest BCUT2D eigenvalue weighted by Crippen LogP contribution is -2.34. The van der Waals surface area contributed by atoms with E-state index in [-0.39, 0.29) is 11.3 Å². The van der Waals surface area contributed by atoms with Gasteiger partial charge in [0.1, 0.15) is 5.82 Å². The van der Waals surface area contributed by atoms with Crippen molar-refractivity contribution in [1.82, 2.24) is 9.55 Å². The maximum Gasteiger partial charge on any atom is 0.262 e. The number of aromatic nitrogens is 2. The first-order chi connectivity index (χ1) is 9.97. The van der Waals surface area contributed by atoms with Crippen LogP contribution in [0.1, 0.15) is 36.7 Å². The highest BCUT2D eigenvalue weighted by molar-refractivity contribution is 5.86. The third kappa shape index (κ3) is 2.31. The van der Waals surface area contributed by atoms with Crippen LogP contribution in [0.15, 0.2) is 35.1 Å². The van der Waals surface area contributed by atoms with Crippen molar-refractivity contribution in [3.8, 4) is 0 Å². The molecule has 1 aliphatic rings. The van der Waals surface area contributed by atoms with Gasteiger partial charge in [-0.05, 0) is 38.8 Å². The Labute approximate surface area is 123 Å². The number of carbonyl (C=O) groups is 1. The van der Waals surface area contributed by atoms with Crippen LogP contribution in [0.4, 0.5) is 0 Å². The highest BCUT2D eigenvalue weighted by atomic mass is 16.1. The van der Waals surface area contributed by atoms with E-state index < -0.39 is 6.04 Å². The van der Waals surface area contributed by atoms with E-state index in [4.69, 9.17) is 0 Å². The van der Waals surface area contributed by atoms with Crippen LogP contribution in [0, 0.1) is 13.8 Å². The molecule has 0 spiro atoms. The number of Topliss-reactive ketones (excluding diaryl/α,β-unsaturated/α-hetero) is 1. The molecular weight excluding hydrogens is 264 g/mol. The zero-order chi connectivity index (χ0) is 15.1. The normalized spacial score (nSPS) is 19.2. The molecule has 0 aliphatic heterocycles. The van der Waals surface area contributed by atoms with Gasteiger partial charge >= 0.3 is 0 Å². The molecule has 1 aromatic carbocycles. The molecule has 2 aromatic rings. The molecule has 0 bridgehead atoms. The Hall–Kier alpha value is -2.23. The Morgan fingerprint density at radius 1 is 1.29 bits per heavy atom. The summed E-state index contributed by atoms with van der Waals surface area (Å²) in [6.45, 7) is 7.61. The molecule has 0 N–H and O–H groups in total. The van der Waals surface area contributed by atoms with E-state index in [1.807, 2.05) is 25.1 Å². The van der Waals surface area contributed by atoms with E-state index >= 15 is 0 Å². The number of benzene rings is 1. The Bertz CT molecular complexity index is 817. The Morgan fingerprint density at radius 2 is 2.05 bits per heavy atom. The Morgan fingerprint density at radius 3 is 2.76 bits per heavy atom. The van der Waals surface area contributed by atoms with Gasteiger partial charge in [-0.25, -0.2) is 4.98 Å². The number of fused-ring (bicyclic) bond motifs is 1. The highest BCUT2D eigenvalue weighted by Crippen LogP contribution is 2.28. The molecule has 1 saturated carbocycles. The first-order valence-electron chi connectivity index (χ1n) is 7.16. The fourth-order valence-electron chi connectivity index (χ4n) is 3.02. The Kier molecular flexibility index (Phi) is 3.24. The number of allylic oxidation sites excluding steroid dienone is 1. The number of ketones is 1. The van der Waals surface area contributed by atoms with Crippen LogP contribution in [-0.2, 0) is 4.79 Å². The molecule has 1 heterocycles. The summed E-state index contributed by atoms with van der Waals surface area (Å²) in [7, 11) is 0. The summed E-state index contributed by atoms with van der Waals surface area (Å²) < 4.78 is 1.57. The SMILES string of the molecule is C=C1CCC(n2c(C)nc3ccc(C)cc3c2=O)C(=O)C1. The minimum Gasteiger partial charge on any atom is -0.297 e. The minimum absolute atomic E-state index is 0.0604. The molecule has 1 aliphatic carbocycles. The number of rotatable bonds is 1. The van der Waals surface area contributed by atoms with Crippen LogP contribution in [0.5, 0.6) is 0 Å². The van der Waals surface area contributed by atoms with Gasteiger partial charge in [-0.1, -0.05) is 23.8 Å². The molecule has 108 valence electrons. The van der Waals surface area contributed by atoms with Gasteiger partial charge in [-0.15, -0.1) is 0 Å². The van der Waals surface area contributed by atoms with Gasteiger partial charge in [-0.3, -0.25) is 14.2 Å². The maximum atomic E-state index is 12.8. The van der Waals surface area contributed by atoms with Crippen molar-refractivity contribution in [2.45, 2.75) is 39.2 Å². The predicted molar refractivity (Wildman–Crippen MR) is 82.5 cm³/mol. The maximum absolute atomic E-state index is 12.8. The standard InChI is InChI=1S/C17H18N2O2/c1-10-4-6-14-13(8-10)17(21)19(12(3)18-14)15-7-5-11(2)9-16(15)20/h4,6,8,15H,2,5,7,9H2,1,3H3. The summed E-state index contributed by atoms with van der Waals surface area (Å²) in [5.74, 6) is 0.660. The summed E-state index contributed by atoms with van der Waals surface area (Å²) in [6, 6.07) is 5.23. The third-order valence-electron chi connectivity index (χ3n) is 4.11. The van der Waals surface area contributed by atoms with E-state index in [0.717, 1.165) is 17.6 Å². The third-order valence-corrected chi connectivity index (χ3v) is 4.11. The predicted octanol–water partition coefficient (Wildman–Crippen LogP) is 2.86. The van der Waals surface area contributed by atoms with E-state index in [1.165, 1.54) is 0 Å². The second-order valence-electron chi connectivity index (χ2n) is 5.80. The smallest absolute Gasteiger partial charge is 0.262 e. The van der Waals surface area contributed by atoms with Crippen molar-refractivity contribution in [3.63, 3.8) is 0 Å². The fourth-order valence-corrected chi connectivity index (χ4v) is 3.02. The fraction of sp³-hybridized carbons (Fsp3) is 0.353. The molecule has 0 radical (unpaired) electrons. The van der Waals surface area contributed by atoms with Crippen LogP contribution in [0.2, 0.25) is 0 Å². The Balaban J connectivity index is 2.21. The van der Waals surface area contributed by atoms with E-state index in [0.29, 0.717) is 29.6 Å². The zero-order valence-corrected chi connectivity index (χ0v) is 12.3. The molecule has 1 aromatic heterocycles. The highest BCUT2D eigenvalue weighted by Gasteiger charge is 2.28. The van der Waals surface area contributed by atoms with Crippen LogP contribution < -0.4 is 5.56 Å².